The Morgan fingerprint density at radius 1 is 0.837 bits per heavy atom. The van der Waals surface area contributed by atoms with Gasteiger partial charge in [0.2, 0.25) is 5.91 Å². The number of ether oxygens (including phenoxy) is 1. The topological polar surface area (TPSA) is 67.4 Å². The number of fused-ring (bicyclic) bond motifs is 10. The maximum absolute atomic E-state index is 13.1. The van der Waals surface area contributed by atoms with Gasteiger partial charge in [-0.3, -0.25) is 10.1 Å². The van der Waals surface area contributed by atoms with Crippen molar-refractivity contribution in [2.24, 2.45) is 46.8 Å². The van der Waals surface area contributed by atoms with Gasteiger partial charge in [-0.2, -0.15) is 0 Å². The molecule has 2 amide bonds. The molecule has 0 aromatic heterocycles. The molecule has 222 valence electrons. The van der Waals surface area contributed by atoms with E-state index in [9.17, 15) is 9.59 Å². The Morgan fingerprint density at radius 3 is 2.19 bits per heavy atom. The van der Waals surface area contributed by atoms with E-state index in [2.05, 4.69) is 48.7 Å². The molecule has 5 aliphatic carbocycles. The van der Waals surface area contributed by atoms with Crippen molar-refractivity contribution in [3.63, 3.8) is 0 Å². The second-order valence-corrected chi connectivity index (χ2v) is 14.2. The molecular weight excluding hydrogens is 532 g/mol. The summed E-state index contributed by atoms with van der Waals surface area (Å²) in [6, 6.07) is 24.2. The van der Waals surface area contributed by atoms with Crippen LogP contribution in [-0.4, -0.2) is 25.2 Å². The van der Waals surface area contributed by atoms with Crippen LogP contribution in [0.5, 0.6) is 0 Å². The van der Waals surface area contributed by atoms with Gasteiger partial charge in [-0.1, -0.05) is 74.5 Å². The molecule has 5 heteroatoms. The fourth-order valence-electron chi connectivity index (χ4n) is 10.3. The highest BCUT2D eigenvalue weighted by Crippen LogP contribution is 2.80. The second kappa shape index (κ2) is 10.2. The van der Waals surface area contributed by atoms with Crippen molar-refractivity contribution in [1.82, 2.24) is 5.32 Å². The van der Waals surface area contributed by atoms with Crippen LogP contribution in [0, 0.1) is 46.8 Å². The number of carbonyl (C=O) groups excluding carboxylic acids is 2. The van der Waals surface area contributed by atoms with Crippen LogP contribution in [0.25, 0.3) is 11.1 Å². The predicted octanol–water partition coefficient (Wildman–Crippen LogP) is 7.66. The highest BCUT2D eigenvalue weighted by Gasteiger charge is 2.76. The van der Waals surface area contributed by atoms with Gasteiger partial charge in [0, 0.05) is 18.2 Å². The highest BCUT2D eigenvalue weighted by atomic mass is 16.5. The smallest absolute Gasteiger partial charge is 0.411 e. The summed E-state index contributed by atoms with van der Waals surface area (Å²) < 4.78 is 5.69. The molecule has 8 atom stereocenters. The van der Waals surface area contributed by atoms with Gasteiger partial charge >= 0.3 is 6.09 Å². The number of rotatable bonds is 7. The van der Waals surface area contributed by atoms with E-state index in [-0.39, 0.29) is 18.4 Å². The molecule has 0 heterocycles. The summed E-state index contributed by atoms with van der Waals surface area (Å²) >= 11 is 0. The van der Waals surface area contributed by atoms with Crippen LogP contribution in [0.2, 0.25) is 0 Å². The minimum atomic E-state index is -0.472. The average molecular weight is 575 g/mol. The Kier molecular flexibility index (Phi) is 6.43. The number of hydrogen-bond donors (Lipinski definition) is 2. The number of amides is 2. The van der Waals surface area contributed by atoms with Gasteiger partial charge in [0.15, 0.2) is 0 Å². The zero-order valence-electron chi connectivity index (χ0n) is 25.2. The normalized spacial score (nSPS) is 32.7. The predicted molar refractivity (Wildman–Crippen MR) is 169 cm³/mol. The van der Waals surface area contributed by atoms with E-state index in [1.165, 1.54) is 47.9 Å². The van der Waals surface area contributed by atoms with E-state index in [0.717, 1.165) is 53.5 Å². The van der Waals surface area contributed by atoms with Crippen molar-refractivity contribution in [3.8, 4) is 11.1 Å². The Hall–Kier alpha value is -3.60. The van der Waals surface area contributed by atoms with E-state index in [1.807, 2.05) is 48.5 Å². The lowest BCUT2D eigenvalue weighted by atomic mass is 9.24. The Labute approximate surface area is 254 Å². The third-order valence-corrected chi connectivity index (χ3v) is 12.5. The summed E-state index contributed by atoms with van der Waals surface area (Å²) in [5.41, 5.74) is 6.75. The van der Waals surface area contributed by atoms with Gasteiger partial charge in [0.05, 0.1) is 6.42 Å². The standard InChI is InChI=1S/C38H42N2O3/c1-22-17-18-38(35(23(22)2)34-30-15-16-31(30)36(34)38)21-39-33(41)19-24-11-13-25(14-12-24)40-37(42)43-20-32-28-9-5-3-7-26(28)27-8-4-6-10-29(27)32/h3-14,22-23,30-32,34-36H,15-21H2,1-2H3,(H,39,41)(H,40,42). The van der Waals surface area contributed by atoms with E-state index < -0.39 is 6.09 Å². The first-order valence-electron chi connectivity index (χ1n) is 16.4. The summed E-state index contributed by atoms with van der Waals surface area (Å²) in [6.45, 7) is 6.04. The molecule has 3 aromatic carbocycles. The Balaban J connectivity index is 0.846. The van der Waals surface area contributed by atoms with Crippen LogP contribution in [0.15, 0.2) is 72.8 Å². The van der Waals surface area contributed by atoms with Crippen molar-refractivity contribution in [3.05, 3.63) is 89.5 Å². The van der Waals surface area contributed by atoms with Crippen LogP contribution >= 0.6 is 0 Å². The number of benzene rings is 3. The Bertz CT molecular complexity index is 1520. The van der Waals surface area contributed by atoms with E-state index in [1.54, 1.807) is 0 Å². The molecule has 0 aliphatic heterocycles. The monoisotopic (exact) mass is 574 g/mol. The van der Waals surface area contributed by atoms with Crippen LogP contribution in [0.3, 0.4) is 0 Å². The van der Waals surface area contributed by atoms with Crippen molar-refractivity contribution in [1.29, 1.82) is 0 Å². The molecule has 4 fully saturated rings. The number of nitrogens with one attached hydrogen (secondary N) is 2. The molecule has 0 bridgehead atoms. The third-order valence-electron chi connectivity index (χ3n) is 12.5. The summed E-state index contributed by atoms with van der Waals surface area (Å²) in [6.07, 6.45) is 5.32. The quantitative estimate of drug-likeness (QED) is 0.304. The van der Waals surface area contributed by atoms with Crippen LogP contribution < -0.4 is 10.6 Å². The number of carbonyl (C=O) groups is 2. The fourth-order valence-corrected chi connectivity index (χ4v) is 10.3. The first-order chi connectivity index (χ1) is 20.9. The molecule has 2 N–H and O–H groups in total. The zero-order valence-corrected chi connectivity index (χ0v) is 25.2. The lowest BCUT2D eigenvalue weighted by molar-refractivity contribution is -0.329. The number of hydrogen-bond acceptors (Lipinski definition) is 3. The molecule has 8 rings (SSSR count). The summed E-state index contributed by atoms with van der Waals surface area (Å²) in [7, 11) is 0. The Morgan fingerprint density at radius 2 is 1.51 bits per heavy atom. The minimum absolute atomic E-state index is 0.0272. The third kappa shape index (κ3) is 4.17. The van der Waals surface area contributed by atoms with Gasteiger partial charge in [0.25, 0.3) is 0 Å². The van der Waals surface area contributed by atoms with Crippen LogP contribution in [0.1, 0.15) is 62.1 Å². The molecule has 0 saturated heterocycles. The summed E-state index contributed by atoms with van der Waals surface area (Å²) in [4.78, 5) is 25.8. The minimum Gasteiger partial charge on any atom is -0.448 e. The van der Waals surface area contributed by atoms with Gasteiger partial charge in [0.1, 0.15) is 6.61 Å². The van der Waals surface area contributed by atoms with Gasteiger partial charge < -0.3 is 10.1 Å². The van der Waals surface area contributed by atoms with Gasteiger partial charge in [-0.05, 0) is 112 Å². The van der Waals surface area contributed by atoms with E-state index >= 15 is 0 Å². The molecule has 5 nitrogen and oxygen atoms in total. The molecule has 0 radical (unpaired) electrons. The molecule has 8 unspecified atom stereocenters. The highest BCUT2D eigenvalue weighted by molar-refractivity contribution is 5.85. The molecule has 4 saturated carbocycles. The second-order valence-electron chi connectivity index (χ2n) is 14.2. The van der Waals surface area contributed by atoms with Crippen LogP contribution in [-0.2, 0) is 16.0 Å². The van der Waals surface area contributed by atoms with Gasteiger partial charge in [-0.15, -0.1) is 0 Å². The van der Waals surface area contributed by atoms with Crippen molar-refractivity contribution >= 4 is 17.7 Å². The van der Waals surface area contributed by atoms with E-state index in [4.69, 9.17) is 4.74 Å². The molecular formula is C38H42N2O3. The molecule has 0 spiro atoms. The van der Waals surface area contributed by atoms with Gasteiger partial charge in [-0.25, -0.2) is 4.79 Å². The molecule has 5 aliphatic rings. The number of anilines is 1. The van der Waals surface area contributed by atoms with Crippen molar-refractivity contribution in [2.45, 2.75) is 51.9 Å². The fraction of sp³-hybridized carbons (Fsp3) is 0.474. The van der Waals surface area contributed by atoms with Crippen molar-refractivity contribution in [2.75, 3.05) is 18.5 Å². The zero-order chi connectivity index (χ0) is 29.3. The van der Waals surface area contributed by atoms with E-state index in [0.29, 0.717) is 17.5 Å². The maximum Gasteiger partial charge on any atom is 0.411 e. The summed E-state index contributed by atoms with van der Waals surface area (Å²) in [5.74, 6) is 6.22. The summed E-state index contributed by atoms with van der Waals surface area (Å²) in [5, 5.41) is 6.23. The first kappa shape index (κ1) is 27.0. The molecule has 3 aromatic rings. The maximum atomic E-state index is 13.1. The van der Waals surface area contributed by atoms with Crippen LogP contribution in [0.4, 0.5) is 10.5 Å². The average Bonchev–Trinajstić information content (AvgIpc) is 3.32. The first-order valence-corrected chi connectivity index (χ1v) is 16.4. The lowest BCUT2D eigenvalue weighted by Crippen LogP contribution is -2.78. The lowest BCUT2D eigenvalue weighted by Gasteiger charge is -2.81. The SMILES string of the molecule is CC1CCC2(CNC(=O)Cc3ccc(NC(=O)OCC4c5ccccc5-c5ccccc54)cc3)C(C1C)C1C3CCC3C12. The van der Waals surface area contributed by atoms with Crippen molar-refractivity contribution < 1.29 is 14.3 Å². The molecule has 43 heavy (non-hydrogen) atoms. The largest absolute Gasteiger partial charge is 0.448 e.